The summed E-state index contributed by atoms with van der Waals surface area (Å²) in [6.45, 7) is 5.88. The molecule has 0 heterocycles. The van der Waals surface area contributed by atoms with Crippen molar-refractivity contribution in [1.29, 1.82) is 0 Å². The number of hydrogen-bond donors (Lipinski definition) is 2. The molecule has 0 aliphatic rings. The molecule has 0 saturated heterocycles. The number of primary amides is 1. The lowest BCUT2D eigenvalue weighted by molar-refractivity contribution is 0.0998. The van der Waals surface area contributed by atoms with Crippen LogP contribution in [0.25, 0.3) is 0 Å². The summed E-state index contributed by atoms with van der Waals surface area (Å²) in [5, 5.41) is 14.2. The summed E-state index contributed by atoms with van der Waals surface area (Å²) < 4.78 is 11.3. The molecular formula is C19H23N3O4. The molecule has 0 aliphatic carbocycles. The molecule has 7 nitrogen and oxygen atoms in total. The van der Waals surface area contributed by atoms with Crippen molar-refractivity contribution in [1.82, 2.24) is 0 Å². The fourth-order valence-electron chi connectivity index (χ4n) is 2.36. The lowest BCUT2D eigenvalue weighted by Crippen LogP contribution is -2.15. The van der Waals surface area contributed by atoms with Gasteiger partial charge in [-0.25, -0.2) is 0 Å². The van der Waals surface area contributed by atoms with Gasteiger partial charge in [-0.2, -0.15) is 5.10 Å². The van der Waals surface area contributed by atoms with Crippen molar-refractivity contribution in [3.63, 3.8) is 0 Å². The third kappa shape index (κ3) is 4.73. The third-order valence-electron chi connectivity index (χ3n) is 3.75. The topological polar surface area (TPSA) is 97.4 Å². The number of benzene rings is 2. The standard InChI is InChI=1S/C19H23N3O4/c1-13-11-16(19(20)24)18(12-17(13)22(3)21-2)26-15-7-5-14(6-8-15)25-10-4-9-23/h5-8,11-12,23H,2,4,9-10H2,1,3H3,(H2,20,24). The van der Waals surface area contributed by atoms with Crippen LogP contribution in [0.15, 0.2) is 41.5 Å². The van der Waals surface area contributed by atoms with E-state index in [9.17, 15) is 4.79 Å². The molecule has 0 atom stereocenters. The molecule has 138 valence electrons. The number of aliphatic hydroxyl groups excluding tert-OH is 1. The van der Waals surface area contributed by atoms with Gasteiger partial charge in [0.1, 0.15) is 17.2 Å². The molecule has 2 rings (SSSR count). The predicted octanol–water partition coefficient (Wildman–Crippen LogP) is 2.70. The number of rotatable bonds is 9. The van der Waals surface area contributed by atoms with Crippen LogP contribution in [0.1, 0.15) is 22.3 Å². The molecule has 0 bridgehead atoms. The molecule has 1 amide bonds. The van der Waals surface area contributed by atoms with E-state index in [2.05, 4.69) is 11.8 Å². The Labute approximate surface area is 152 Å². The third-order valence-corrected chi connectivity index (χ3v) is 3.75. The Kier molecular flexibility index (Phi) is 6.57. The highest BCUT2D eigenvalue weighted by atomic mass is 16.5. The van der Waals surface area contributed by atoms with E-state index in [1.165, 1.54) is 0 Å². The van der Waals surface area contributed by atoms with Crippen LogP contribution in [-0.2, 0) is 0 Å². The van der Waals surface area contributed by atoms with Gasteiger partial charge >= 0.3 is 0 Å². The average Bonchev–Trinajstić information content (AvgIpc) is 2.63. The van der Waals surface area contributed by atoms with E-state index in [-0.39, 0.29) is 12.2 Å². The zero-order valence-electron chi connectivity index (χ0n) is 14.9. The van der Waals surface area contributed by atoms with Crippen LogP contribution in [0.4, 0.5) is 5.69 Å². The number of amides is 1. The number of hydrazone groups is 1. The molecule has 0 aliphatic heterocycles. The van der Waals surface area contributed by atoms with Crippen molar-refractivity contribution in [2.24, 2.45) is 10.8 Å². The highest BCUT2D eigenvalue weighted by Crippen LogP contribution is 2.33. The zero-order chi connectivity index (χ0) is 19.1. The average molecular weight is 357 g/mol. The van der Waals surface area contributed by atoms with Crippen LogP contribution < -0.4 is 20.2 Å². The fraction of sp³-hybridized carbons (Fsp3) is 0.263. The Morgan fingerprint density at radius 1 is 1.27 bits per heavy atom. The molecule has 0 spiro atoms. The van der Waals surface area contributed by atoms with E-state index in [1.54, 1.807) is 48.5 Å². The van der Waals surface area contributed by atoms with Crippen LogP contribution in [0.3, 0.4) is 0 Å². The van der Waals surface area contributed by atoms with E-state index in [4.69, 9.17) is 20.3 Å². The molecule has 3 N–H and O–H groups in total. The Bertz CT molecular complexity index is 775. The monoisotopic (exact) mass is 357 g/mol. The summed E-state index contributed by atoms with van der Waals surface area (Å²) >= 11 is 0. The van der Waals surface area contributed by atoms with Crippen molar-refractivity contribution in [2.75, 3.05) is 25.3 Å². The molecular weight excluding hydrogens is 334 g/mol. The minimum atomic E-state index is -0.576. The smallest absolute Gasteiger partial charge is 0.252 e. The number of hydrogen-bond acceptors (Lipinski definition) is 6. The van der Waals surface area contributed by atoms with E-state index < -0.39 is 5.91 Å². The first-order valence-electron chi connectivity index (χ1n) is 8.12. The Hall–Kier alpha value is -3.06. The van der Waals surface area contributed by atoms with E-state index in [1.807, 2.05) is 6.92 Å². The van der Waals surface area contributed by atoms with Crippen LogP contribution >= 0.6 is 0 Å². The van der Waals surface area contributed by atoms with E-state index in [0.29, 0.717) is 30.3 Å². The number of ether oxygens (including phenoxy) is 2. The molecule has 2 aromatic rings. The van der Waals surface area contributed by atoms with Crippen LogP contribution in [-0.4, -0.2) is 38.0 Å². The van der Waals surface area contributed by atoms with Gasteiger partial charge in [0.15, 0.2) is 0 Å². The molecule has 0 aromatic heterocycles. The normalized spacial score (nSPS) is 10.3. The van der Waals surface area contributed by atoms with Crippen molar-refractivity contribution in [3.8, 4) is 17.2 Å². The number of nitrogens with two attached hydrogens (primary N) is 1. The van der Waals surface area contributed by atoms with Crippen molar-refractivity contribution in [2.45, 2.75) is 13.3 Å². The number of nitrogens with zero attached hydrogens (tertiary/aromatic N) is 2. The van der Waals surface area contributed by atoms with Gasteiger partial charge in [0.05, 0.1) is 17.9 Å². The molecule has 7 heteroatoms. The fourth-order valence-corrected chi connectivity index (χ4v) is 2.36. The van der Waals surface area contributed by atoms with Gasteiger partial charge < -0.3 is 20.3 Å². The van der Waals surface area contributed by atoms with Crippen molar-refractivity contribution >= 4 is 18.3 Å². The van der Waals surface area contributed by atoms with Crippen LogP contribution in [0.5, 0.6) is 17.2 Å². The summed E-state index contributed by atoms with van der Waals surface area (Å²) in [4.78, 5) is 11.8. The SMILES string of the molecule is C=NN(C)c1cc(Oc2ccc(OCCCO)cc2)c(C(N)=O)cc1C. The minimum Gasteiger partial charge on any atom is -0.494 e. The summed E-state index contributed by atoms with van der Waals surface area (Å²) in [5.74, 6) is 0.961. The number of anilines is 1. The molecule has 0 unspecified atom stereocenters. The number of carbonyl (C=O) groups excluding carboxylic acids is 1. The molecule has 0 radical (unpaired) electrons. The first-order valence-corrected chi connectivity index (χ1v) is 8.12. The van der Waals surface area contributed by atoms with Gasteiger partial charge in [0.2, 0.25) is 0 Å². The van der Waals surface area contributed by atoms with Crippen LogP contribution in [0.2, 0.25) is 0 Å². The first kappa shape index (κ1) is 19.3. The highest BCUT2D eigenvalue weighted by molar-refractivity contribution is 5.96. The second-order valence-electron chi connectivity index (χ2n) is 5.66. The second-order valence-corrected chi connectivity index (χ2v) is 5.66. The Morgan fingerprint density at radius 2 is 1.92 bits per heavy atom. The maximum Gasteiger partial charge on any atom is 0.252 e. The Balaban J connectivity index is 2.26. The van der Waals surface area contributed by atoms with Gasteiger partial charge in [-0.05, 0) is 42.8 Å². The predicted molar refractivity (Wildman–Crippen MR) is 101 cm³/mol. The quantitative estimate of drug-likeness (QED) is 0.408. The molecule has 26 heavy (non-hydrogen) atoms. The van der Waals surface area contributed by atoms with Gasteiger partial charge in [-0.15, -0.1) is 0 Å². The minimum absolute atomic E-state index is 0.0842. The summed E-state index contributed by atoms with van der Waals surface area (Å²) in [5.41, 5.74) is 7.34. The lowest BCUT2D eigenvalue weighted by Gasteiger charge is -2.18. The molecule has 0 saturated carbocycles. The maximum atomic E-state index is 11.8. The zero-order valence-corrected chi connectivity index (χ0v) is 14.9. The summed E-state index contributed by atoms with van der Waals surface area (Å²) in [6, 6.07) is 10.3. The maximum absolute atomic E-state index is 11.8. The van der Waals surface area contributed by atoms with Crippen molar-refractivity contribution < 1.29 is 19.4 Å². The van der Waals surface area contributed by atoms with Crippen LogP contribution in [0, 0.1) is 6.92 Å². The number of aliphatic hydroxyl groups is 1. The molecule has 0 fully saturated rings. The van der Waals surface area contributed by atoms with Gasteiger partial charge in [-0.1, -0.05) is 0 Å². The molecule has 2 aromatic carbocycles. The summed E-state index contributed by atoms with van der Waals surface area (Å²) in [6.07, 6.45) is 0.567. The summed E-state index contributed by atoms with van der Waals surface area (Å²) in [7, 11) is 1.75. The lowest BCUT2D eigenvalue weighted by atomic mass is 10.1. The Morgan fingerprint density at radius 3 is 2.50 bits per heavy atom. The highest BCUT2D eigenvalue weighted by Gasteiger charge is 2.16. The van der Waals surface area contributed by atoms with E-state index in [0.717, 1.165) is 11.3 Å². The number of carbonyl (C=O) groups is 1. The number of aryl methyl sites for hydroxylation is 1. The largest absolute Gasteiger partial charge is 0.494 e. The van der Waals surface area contributed by atoms with Gasteiger partial charge in [0, 0.05) is 32.9 Å². The first-order chi connectivity index (χ1) is 12.5. The second kappa shape index (κ2) is 8.87. The van der Waals surface area contributed by atoms with Crippen molar-refractivity contribution in [3.05, 3.63) is 47.5 Å². The van der Waals surface area contributed by atoms with E-state index >= 15 is 0 Å². The van der Waals surface area contributed by atoms with Gasteiger partial charge in [0.25, 0.3) is 5.91 Å². The van der Waals surface area contributed by atoms with Gasteiger partial charge in [-0.3, -0.25) is 9.80 Å².